The number of esters is 2. The number of nitrogens with one attached hydrogen (secondary N) is 1. The predicted octanol–water partition coefficient (Wildman–Crippen LogP) is 1.82. The molecule has 1 heterocycles. The van der Waals surface area contributed by atoms with Crippen molar-refractivity contribution in [1.29, 1.82) is 0 Å². The molecule has 0 spiro atoms. The van der Waals surface area contributed by atoms with Crippen molar-refractivity contribution in [2.24, 2.45) is 0 Å². The second kappa shape index (κ2) is 5.90. The molecule has 0 fully saturated rings. The van der Waals surface area contributed by atoms with Crippen LogP contribution < -0.4 is 5.32 Å². The summed E-state index contributed by atoms with van der Waals surface area (Å²) in [5, 5.41) is 2.52. The predicted molar refractivity (Wildman–Crippen MR) is 61.7 cm³/mol. The van der Waals surface area contributed by atoms with Gasteiger partial charge in [-0.05, 0) is 0 Å². The van der Waals surface area contributed by atoms with Crippen LogP contribution in [-0.4, -0.2) is 38.2 Å². The van der Waals surface area contributed by atoms with E-state index in [9.17, 15) is 27.6 Å². The van der Waals surface area contributed by atoms with E-state index in [4.69, 9.17) is 0 Å². The second-order valence-corrected chi connectivity index (χ2v) is 4.17. The smallest absolute Gasteiger partial charge is 0.465 e. The fourth-order valence-electron chi connectivity index (χ4n) is 1.19. The quantitative estimate of drug-likeness (QED) is 0.861. The third kappa shape index (κ3) is 3.26. The highest BCUT2D eigenvalue weighted by molar-refractivity contribution is 7.13. The number of rotatable bonds is 3. The zero-order valence-corrected chi connectivity index (χ0v) is 11.0. The topological polar surface area (TPSA) is 81.7 Å². The monoisotopic (exact) mass is 311 g/mol. The van der Waals surface area contributed by atoms with Crippen LogP contribution in [0.2, 0.25) is 0 Å². The fourth-order valence-corrected chi connectivity index (χ4v) is 2.09. The zero-order chi connectivity index (χ0) is 15.5. The maximum absolute atomic E-state index is 12.2. The van der Waals surface area contributed by atoms with Crippen molar-refractivity contribution < 1.29 is 37.0 Å². The molecule has 0 aliphatic heterocycles. The molecular formula is C10H8F3NO5S. The number of halogens is 3. The van der Waals surface area contributed by atoms with E-state index < -0.39 is 35.3 Å². The highest BCUT2D eigenvalue weighted by Crippen LogP contribution is 2.30. The van der Waals surface area contributed by atoms with Crippen molar-refractivity contribution in [3.63, 3.8) is 0 Å². The molecule has 0 saturated carbocycles. The van der Waals surface area contributed by atoms with Gasteiger partial charge in [0.1, 0.15) is 10.4 Å². The molecule has 20 heavy (non-hydrogen) atoms. The molecule has 0 saturated heterocycles. The maximum Gasteiger partial charge on any atom is 0.471 e. The number of amides is 1. The van der Waals surface area contributed by atoms with Gasteiger partial charge in [0, 0.05) is 5.38 Å². The van der Waals surface area contributed by atoms with Crippen molar-refractivity contribution >= 4 is 34.9 Å². The van der Waals surface area contributed by atoms with Crippen LogP contribution in [0.3, 0.4) is 0 Å². The molecule has 0 unspecified atom stereocenters. The van der Waals surface area contributed by atoms with Crippen LogP contribution >= 0.6 is 11.3 Å². The summed E-state index contributed by atoms with van der Waals surface area (Å²) in [6.45, 7) is 0. The first-order valence-corrected chi connectivity index (χ1v) is 5.76. The molecule has 1 N–H and O–H groups in total. The van der Waals surface area contributed by atoms with Crippen LogP contribution in [0.15, 0.2) is 5.38 Å². The molecule has 10 heteroatoms. The van der Waals surface area contributed by atoms with Gasteiger partial charge in [-0.15, -0.1) is 11.3 Å². The number of methoxy groups -OCH3 is 2. The molecule has 1 rings (SSSR count). The lowest BCUT2D eigenvalue weighted by Crippen LogP contribution is -2.30. The average Bonchev–Trinajstić information content (AvgIpc) is 2.79. The van der Waals surface area contributed by atoms with E-state index in [-0.39, 0.29) is 4.88 Å². The van der Waals surface area contributed by atoms with Gasteiger partial charge in [0.15, 0.2) is 0 Å². The molecule has 0 atom stereocenters. The fraction of sp³-hybridized carbons (Fsp3) is 0.300. The highest BCUT2D eigenvalue weighted by atomic mass is 32.1. The lowest BCUT2D eigenvalue weighted by molar-refractivity contribution is -0.167. The number of hydrogen-bond donors (Lipinski definition) is 1. The minimum atomic E-state index is -5.12. The summed E-state index contributed by atoms with van der Waals surface area (Å²) in [6.07, 6.45) is -5.12. The molecular weight excluding hydrogens is 303 g/mol. The number of alkyl halides is 3. The summed E-state index contributed by atoms with van der Waals surface area (Å²) in [4.78, 5) is 33.5. The SMILES string of the molecule is COC(=O)c1scc(NC(=O)C(F)(F)F)c1C(=O)OC. The van der Waals surface area contributed by atoms with E-state index in [0.717, 1.165) is 19.6 Å². The Kier molecular flexibility index (Phi) is 4.71. The van der Waals surface area contributed by atoms with Gasteiger partial charge in [0.25, 0.3) is 0 Å². The van der Waals surface area contributed by atoms with Gasteiger partial charge in [0.2, 0.25) is 0 Å². The standard InChI is InChI=1S/C10H8F3NO5S/c1-18-7(15)5-4(14-9(17)10(11,12)13)3-20-6(5)8(16)19-2/h3H,1-2H3,(H,14,17). The zero-order valence-electron chi connectivity index (χ0n) is 10.2. The summed E-state index contributed by atoms with van der Waals surface area (Å²) >= 11 is 0.648. The van der Waals surface area contributed by atoms with Gasteiger partial charge in [0.05, 0.1) is 19.9 Å². The van der Waals surface area contributed by atoms with Gasteiger partial charge in [-0.1, -0.05) is 0 Å². The van der Waals surface area contributed by atoms with E-state index in [1.54, 1.807) is 0 Å². The van der Waals surface area contributed by atoms with Crippen LogP contribution in [0.5, 0.6) is 0 Å². The van der Waals surface area contributed by atoms with E-state index >= 15 is 0 Å². The van der Waals surface area contributed by atoms with Gasteiger partial charge in [-0.3, -0.25) is 4.79 Å². The van der Waals surface area contributed by atoms with E-state index in [1.807, 2.05) is 0 Å². The lowest BCUT2D eigenvalue weighted by Gasteiger charge is -2.08. The summed E-state index contributed by atoms with van der Waals surface area (Å²) in [5.74, 6) is -4.26. The Morgan fingerprint density at radius 1 is 1.15 bits per heavy atom. The Labute approximate surface area is 114 Å². The summed E-state index contributed by atoms with van der Waals surface area (Å²) in [7, 11) is 2.02. The Morgan fingerprint density at radius 3 is 2.15 bits per heavy atom. The molecule has 0 aliphatic carbocycles. The first kappa shape index (κ1) is 16.0. The number of thiophene rings is 1. The lowest BCUT2D eigenvalue weighted by atomic mass is 10.2. The highest BCUT2D eigenvalue weighted by Gasteiger charge is 2.40. The first-order chi connectivity index (χ1) is 9.22. The number of ether oxygens (including phenoxy) is 2. The largest absolute Gasteiger partial charge is 0.471 e. The Bertz CT molecular complexity index is 552. The molecule has 1 aromatic heterocycles. The third-order valence-corrected chi connectivity index (χ3v) is 3.02. The minimum Gasteiger partial charge on any atom is -0.465 e. The maximum atomic E-state index is 12.2. The summed E-state index contributed by atoms with van der Waals surface area (Å²) < 4.78 is 45.2. The Morgan fingerprint density at radius 2 is 1.70 bits per heavy atom. The van der Waals surface area contributed by atoms with E-state index in [1.165, 1.54) is 5.32 Å². The number of carbonyl (C=O) groups excluding carboxylic acids is 3. The molecule has 6 nitrogen and oxygen atoms in total. The number of anilines is 1. The Balaban J connectivity index is 3.21. The molecule has 1 aromatic rings. The van der Waals surface area contributed by atoms with E-state index in [2.05, 4.69) is 9.47 Å². The first-order valence-electron chi connectivity index (χ1n) is 4.88. The van der Waals surface area contributed by atoms with Crippen LogP contribution in [0.25, 0.3) is 0 Å². The van der Waals surface area contributed by atoms with Crippen LogP contribution in [0, 0.1) is 0 Å². The normalized spacial score (nSPS) is 10.8. The van der Waals surface area contributed by atoms with Gasteiger partial charge in [-0.2, -0.15) is 13.2 Å². The van der Waals surface area contributed by atoms with Crippen molar-refractivity contribution in [2.45, 2.75) is 6.18 Å². The molecule has 1 amide bonds. The average molecular weight is 311 g/mol. The van der Waals surface area contributed by atoms with Gasteiger partial charge in [-0.25, -0.2) is 9.59 Å². The molecule has 0 aromatic carbocycles. The number of hydrogen-bond acceptors (Lipinski definition) is 6. The number of carbonyl (C=O) groups is 3. The summed E-state index contributed by atoms with van der Waals surface area (Å²) in [5.41, 5.74) is -0.952. The minimum absolute atomic E-state index is 0.267. The second-order valence-electron chi connectivity index (χ2n) is 3.29. The Hall–Kier alpha value is -2.10. The van der Waals surface area contributed by atoms with Gasteiger partial charge >= 0.3 is 24.0 Å². The van der Waals surface area contributed by atoms with Gasteiger partial charge < -0.3 is 14.8 Å². The van der Waals surface area contributed by atoms with Crippen molar-refractivity contribution in [2.75, 3.05) is 19.5 Å². The molecule has 110 valence electrons. The van der Waals surface area contributed by atoms with Crippen molar-refractivity contribution in [3.05, 3.63) is 15.8 Å². The molecule has 0 bridgehead atoms. The van der Waals surface area contributed by atoms with Crippen LogP contribution in [-0.2, 0) is 14.3 Å². The van der Waals surface area contributed by atoms with E-state index in [0.29, 0.717) is 11.3 Å². The van der Waals surface area contributed by atoms with Crippen LogP contribution in [0.4, 0.5) is 18.9 Å². The molecule has 0 aliphatic rings. The third-order valence-electron chi connectivity index (χ3n) is 2.06. The summed E-state index contributed by atoms with van der Waals surface area (Å²) in [6, 6.07) is 0. The van der Waals surface area contributed by atoms with Crippen LogP contribution in [0.1, 0.15) is 20.0 Å². The molecule has 0 radical (unpaired) electrons. The van der Waals surface area contributed by atoms with Crippen molar-refractivity contribution in [1.82, 2.24) is 0 Å². The van der Waals surface area contributed by atoms with Crippen molar-refractivity contribution in [3.8, 4) is 0 Å².